The molecule has 2 aliphatic rings. The fraction of sp³-hybridized carbons (Fsp3) is 0.647. The van der Waals surface area contributed by atoms with Gasteiger partial charge in [0.15, 0.2) is 0 Å². The van der Waals surface area contributed by atoms with Gasteiger partial charge in [-0.05, 0) is 134 Å². The van der Waals surface area contributed by atoms with E-state index in [1.807, 2.05) is 11.8 Å². The summed E-state index contributed by atoms with van der Waals surface area (Å²) in [5.41, 5.74) is 4.01. The van der Waals surface area contributed by atoms with Crippen LogP contribution in [0.25, 0.3) is 0 Å². The summed E-state index contributed by atoms with van der Waals surface area (Å²) in [6.07, 6.45) is 13.8. The average Bonchev–Trinajstić information content (AvgIpc) is 2.79. The lowest BCUT2D eigenvalue weighted by molar-refractivity contribution is 0.150. The monoisotopic (exact) mass is 490 g/mol. The van der Waals surface area contributed by atoms with Gasteiger partial charge in [0.1, 0.15) is 0 Å². The van der Waals surface area contributed by atoms with Crippen LogP contribution in [-0.2, 0) is 12.8 Å². The van der Waals surface area contributed by atoms with E-state index in [1.165, 1.54) is 85.1 Å². The van der Waals surface area contributed by atoms with E-state index in [1.54, 1.807) is 0 Å². The van der Waals surface area contributed by atoms with E-state index in [0.717, 1.165) is 23.7 Å². The van der Waals surface area contributed by atoms with Gasteiger partial charge in [0.05, 0.1) is 0 Å². The molecule has 192 valence electrons. The van der Waals surface area contributed by atoms with Gasteiger partial charge >= 0.3 is 0 Å². The lowest BCUT2D eigenvalue weighted by atomic mass is 9.69. The van der Waals surface area contributed by atoms with E-state index in [2.05, 4.69) is 90.1 Å². The molecule has 2 aromatic carbocycles. The lowest BCUT2D eigenvalue weighted by Gasteiger charge is -2.37. The Morgan fingerprint density at radius 3 is 1.29 bits per heavy atom. The van der Waals surface area contributed by atoms with E-state index in [9.17, 15) is 0 Å². The van der Waals surface area contributed by atoms with Crippen LogP contribution in [0.2, 0.25) is 0 Å². The van der Waals surface area contributed by atoms with Crippen LogP contribution >= 0.6 is 11.8 Å². The van der Waals surface area contributed by atoms with E-state index in [-0.39, 0.29) is 0 Å². The number of rotatable bonds is 6. The topological polar surface area (TPSA) is 0 Å². The first-order chi connectivity index (χ1) is 16.6. The molecule has 0 heterocycles. The van der Waals surface area contributed by atoms with Crippen LogP contribution in [0, 0.1) is 34.5 Å². The summed E-state index contributed by atoms with van der Waals surface area (Å²) >= 11 is 1.95. The first-order valence-corrected chi connectivity index (χ1v) is 15.2. The maximum absolute atomic E-state index is 2.46. The van der Waals surface area contributed by atoms with Gasteiger partial charge < -0.3 is 0 Å². The van der Waals surface area contributed by atoms with Crippen molar-refractivity contribution in [2.24, 2.45) is 34.5 Å². The van der Waals surface area contributed by atoms with Gasteiger partial charge in [-0.1, -0.05) is 77.6 Å². The van der Waals surface area contributed by atoms with Gasteiger partial charge in [-0.3, -0.25) is 0 Å². The van der Waals surface area contributed by atoms with Gasteiger partial charge in [0.2, 0.25) is 0 Å². The second kappa shape index (κ2) is 11.5. The van der Waals surface area contributed by atoms with E-state index in [4.69, 9.17) is 0 Å². The fourth-order valence-corrected chi connectivity index (χ4v) is 7.73. The van der Waals surface area contributed by atoms with Crippen molar-refractivity contribution in [2.45, 2.75) is 116 Å². The number of hydrogen-bond donors (Lipinski definition) is 0. The van der Waals surface area contributed by atoms with Crippen LogP contribution in [0.5, 0.6) is 0 Å². The van der Waals surface area contributed by atoms with Crippen molar-refractivity contribution in [1.82, 2.24) is 0 Å². The summed E-state index contributed by atoms with van der Waals surface area (Å²) in [6.45, 7) is 14.5. The Morgan fingerprint density at radius 1 is 0.571 bits per heavy atom. The number of benzene rings is 2. The Labute approximate surface area is 221 Å². The minimum atomic E-state index is 0.474. The summed E-state index contributed by atoms with van der Waals surface area (Å²) in [6, 6.07) is 18.8. The fourth-order valence-electron chi connectivity index (χ4n) is 6.74. The third-order valence-electron chi connectivity index (χ3n) is 9.22. The molecule has 35 heavy (non-hydrogen) atoms. The van der Waals surface area contributed by atoms with Crippen molar-refractivity contribution < 1.29 is 0 Å². The molecule has 0 unspecified atom stereocenters. The molecule has 4 rings (SSSR count). The molecule has 0 bridgehead atoms. The summed E-state index contributed by atoms with van der Waals surface area (Å²) in [5.74, 6) is 3.54. The van der Waals surface area contributed by atoms with Crippen molar-refractivity contribution in [3.63, 3.8) is 0 Å². The predicted molar refractivity (Wildman–Crippen MR) is 154 cm³/mol. The molecule has 0 radical (unpaired) electrons. The zero-order chi connectivity index (χ0) is 25.1. The minimum absolute atomic E-state index is 0.474. The van der Waals surface area contributed by atoms with E-state index in [0.29, 0.717) is 10.8 Å². The Balaban J connectivity index is 1.30. The van der Waals surface area contributed by atoms with Crippen molar-refractivity contribution in [2.75, 3.05) is 0 Å². The van der Waals surface area contributed by atoms with Crippen LogP contribution < -0.4 is 0 Å². The second-order valence-electron chi connectivity index (χ2n) is 14.0. The zero-order valence-corrected chi connectivity index (χ0v) is 24.2. The molecule has 0 atom stereocenters. The molecular formula is C34H50S. The maximum Gasteiger partial charge on any atom is 0.0125 e. The van der Waals surface area contributed by atoms with Gasteiger partial charge in [-0.2, -0.15) is 0 Å². The highest BCUT2D eigenvalue weighted by Gasteiger charge is 2.30. The Hall–Kier alpha value is -1.21. The third-order valence-corrected chi connectivity index (χ3v) is 10.2. The molecular weight excluding hydrogens is 440 g/mol. The van der Waals surface area contributed by atoms with Crippen molar-refractivity contribution in [3.05, 3.63) is 59.7 Å². The molecule has 0 spiro atoms. The minimum Gasteiger partial charge on any atom is -0.0901 e. The molecule has 0 aromatic heterocycles. The maximum atomic E-state index is 2.46. The van der Waals surface area contributed by atoms with Crippen molar-refractivity contribution in [3.8, 4) is 0 Å². The largest absolute Gasteiger partial charge is 0.0901 e. The molecule has 2 aromatic rings. The van der Waals surface area contributed by atoms with Gasteiger partial charge in [-0.25, -0.2) is 0 Å². The SMILES string of the molecule is CC(C)(C)C1CCC(Cc2cccc(Sc3cccc(CC4CCC(C(C)(C)C)CC4)c3)c2)CC1. The van der Waals surface area contributed by atoms with Crippen LogP contribution in [0.15, 0.2) is 58.3 Å². The molecule has 0 nitrogen and oxygen atoms in total. The van der Waals surface area contributed by atoms with Crippen LogP contribution in [-0.4, -0.2) is 0 Å². The van der Waals surface area contributed by atoms with Gasteiger partial charge in [0.25, 0.3) is 0 Å². The average molecular weight is 491 g/mol. The van der Waals surface area contributed by atoms with Crippen molar-refractivity contribution in [1.29, 1.82) is 0 Å². The highest BCUT2D eigenvalue weighted by molar-refractivity contribution is 7.99. The molecule has 1 heteroatoms. The highest BCUT2D eigenvalue weighted by atomic mass is 32.2. The number of hydrogen-bond acceptors (Lipinski definition) is 1. The molecule has 0 saturated heterocycles. The van der Waals surface area contributed by atoms with Crippen LogP contribution in [0.1, 0.15) is 104 Å². The van der Waals surface area contributed by atoms with E-state index >= 15 is 0 Å². The Kier molecular flexibility index (Phi) is 8.78. The van der Waals surface area contributed by atoms with Crippen LogP contribution in [0.4, 0.5) is 0 Å². The summed E-state index contributed by atoms with van der Waals surface area (Å²) in [4.78, 5) is 2.79. The first-order valence-electron chi connectivity index (χ1n) is 14.4. The highest BCUT2D eigenvalue weighted by Crippen LogP contribution is 2.42. The molecule has 2 aliphatic carbocycles. The summed E-state index contributed by atoms with van der Waals surface area (Å²) < 4.78 is 0. The summed E-state index contributed by atoms with van der Waals surface area (Å²) in [7, 11) is 0. The molecule has 2 saturated carbocycles. The van der Waals surface area contributed by atoms with Crippen molar-refractivity contribution >= 4 is 11.8 Å². The summed E-state index contributed by atoms with van der Waals surface area (Å²) in [5, 5.41) is 0. The van der Waals surface area contributed by atoms with Gasteiger partial charge in [-0.15, -0.1) is 0 Å². The Morgan fingerprint density at radius 2 is 0.943 bits per heavy atom. The first kappa shape index (κ1) is 26.8. The lowest BCUT2D eigenvalue weighted by Crippen LogP contribution is -2.26. The molecule has 0 N–H and O–H groups in total. The van der Waals surface area contributed by atoms with Gasteiger partial charge in [0, 0.05) is 9.79 Å². The third kappa shape index (κ3) is 7.88. The smallest absolute Gasteiger partial charge is 0.0125 e. The molecule has 0 aliphatic heterocycles. The van der Waals surface area contributed by atoms with E-state index < -0.39 is 0 Å². The predicted octanol–water partition coefficient (Wildman–Crippen LogP) is 10.6. The Bertz CT molecular complexity index is 850. The molecule has 0 amide bonds. The standard InChI is InChI=1S/C34H50S/c1-33(2,3)29-17-13-25(14-18-29)21-27-9-7-11-31(23-27)35-32-12-8-10-28(24-32)22-26-15-19-30(20-16-26)34(4,5)6/h7-12,23-26,29-30H,13-22H2,1-6H3. The molecule has 2 fully saturated rings. The quantitative estimate of drug-likeness (QED) is 0.388. The van der Waals surface area contributed by atoms with Crippen LogP contribution in [0.3, 0.4) is 0 Å². The normalized spacial score (nSPS) is 26.0. The second-order valence-corrected chi connectivity index (χ2v) is 15.1. The zero-order valence-electron chi connectivity index (χ0n) is 23.4.